The van der Waals surface area contributed by atoms with Crippen molar-refractivity contribution in [2.24, 2.45) is 11.0 Å². The van der Waals surface area contributed by atoms with Crippen LogP contribution < -0.4 is 10.3 Å². The number of para-hydroxylation sites is 1. The van der Waals surface area contributed by atoms with Crippen molar-refractivity contribution in [2.75, 3.05) is 10.3 Å². The van der Waals surface area contributed by atoms with Gasteiger partial charge in [-0.05, 0) is 31.2 Å². The maximum Gasteiger partial charge on any atom is 0.265 e. The van der Waals surface area contributed by atoms with Crippen LogP contribution in [0.25, 0.3) is 11.3 Å². The van der Waals surface area contributed by atoms with Gasteiger partial charge in [-0.25, -0.2) is 0 Å². The molecule has 27 heavy (non-hydrogen) atoms. The molecule has 1 aliphatic heterocycles. The zero-order valence-corrected chi connectivity index (χ0v) is 14.5. The molecular formula is C20H16N4O3. The Morgan fingerprint density at radius 2 is 1.93 bits per heavy atom. The molecule has 0 fully saturated rings. The van der Waals surface area contributed by atoms with Crippen LogP contribution in [0.3, 0.4) is 0 Å². The molecule has 0 spiro atoms. The summed E-state index contributed by atoms with van der Waals surface area (Å²) in [7, 11) is 0. The first-order valence-electron chi connectivity index (χ1n) is 8.39. The maximum absolute atomic E-state index is 12.7. The summed E-state index contributed by atoms with van der Waals surface area (Å²) >= 11 is 0. The molecule has 0 saturated heterocycles. The van der Waals surface area contributed by atoms with Gasteiger partial charge in [-0.2, -0.15) is 10.1 Å². The molecule has 1 aliphatic rings. The summed E-state index contributed by atoms with van der Waals surface area (Å²) in [5, 5.41) is 12.2. The van der Waals surface area contributed by atoms with Gasteiger partial charge >= 0.3 is 0 Å². The van der Waals surface area contributed by atoms with Crippen molar-refractivity contribution in [3.8, 4) is 11.3 Å². The minimum Gasteiger partial charge on any atom is -0.364 e. The molecule has 7 heteroatoms. The average molecular weight is 360 g/mol. The molecule has 3 aromatic rings. The van der Waals surface area contributed by atoms with Crippen LogP contribution in [0.15, 0.2) is 76.6 Å². The summed E-state index contributed by atoms with van der Waals surface area (Å²) in [6.07, 6.45) is 1.48. The van der Waals surface area contributed by atoms with E-state index < -0.39 is 11.8 Å². The Kier molecular flexibility index (Phi) is 4.25. The number of hydrogen-bond acceptors (Lipinski definition) is 5. The zero-order valence-electron chi connectivity index (χ0n) is 14.5. The van der Waals surface area contributed by atoms with Crippen molar-refractivity contribution in [3.63, 3.8) is 0 Å². The Labute approximate surface area is 155 Å². The van der Waals surface area contributed by atoms with Crippen molar-refractivity contribution in [1.82, 2.24) is 5.16 Å². The van der Waals surface area contributed by atoms with Gasteiger partial charge in [0.15, 0.2) is 5.92 Å². The summed E-state index contributed by atoms with van der Waals surface area (Å²) in [4.78, 5) is 25.5. The predicted molar refractivity (Wildman–Crippen MR) is 101 cm³/mol. The van der Waals surface area contributed by atoms with Crippen LogP contribution in [0.2, 0.25) is 0 Å². The van der Waals surface area contributed by atoms with Gasteiger partial charge in [0.25, 0.3) is 5.91 Å². The number of anilines is 2. The molecule has 1 unspecified atom stereocenters. The second kappa shape index (κ2) is 6.87. The number of hydrogen-bond donors (Lipinski definition) is 1. The van der Waals surface area contributed by atoms with E-state index in [1.54, 1.807) is 43.3 Å². The van der Waals surface area contributed by atoms with E-state index in [9.17, 15) is 9.59 Å². The summed E-state index contributed by atoms with van der Waals surface area (Å²) in [6.45, 7) is 1.68. The van der Waals surface area contributed by atoms with Crippen LogP contribution in [0.1, 0.15) is 6.92 Å². The summed E-state index contributed by atoms with van der Waals surface area (Å²) in [5.74, 6) is -1.75. The smallest absolute Gasteiger partial charge is 0.265 e. The van der Waals surface area contributed by atoms with E-state index >= 15 is 0 Å². The van der Waals surface area contributed by atoms with Crippen molar-refractivity contribution in [3.05, 3.63) is 66.9 Å². The Morgan fingerprint density at radius 3 is 2.67 bits per heavy atom. The van der Waals surface area contributed by atoms with E-state index in [0.29, 0.717) is 22.8 Å². The minimum absolute atomic E-state index is 0.371. The third-order valence-corrected chi connectivity index (χ3v) is 4.26. The second-order valence-electron chi connectivity index (χ2n) is 6.11. The molecule has 0 bridgehead atoms. The first-order chi connectivity index (χ1) is 13.1. The Balaban J connectivity index is 1.53. The molecule has 4 rings (SSSR count). The van der Waals surface area contributed by atoms with E-state index in [-0.39, 0.29) is 5.91 Å². The Hall–Kier alpha value is -3.74. The van der Waals surface area contributed by atoms with E-state index in [0.717, 1.165) is 5.56 Å². The molecule has 0 saturated carbocycles. The predicted octanol–water partition coefficient (Wildman–Crippen LogP) is 3.32. The van der Waals surface area contributed by atoms with Crippen LogP contribution in [0.4, 0.5) is 11.4 Å². The Morgan fingerprint density at radius 1 is 1.11 bits per heavy atom. The molecule has 0 radical (unpaired) electrons. The number of nitrogens with zero attached hydrogens (tertiary/aromatic N) is 3. The highest BCUT2D eigenvalue weighted by Gasteiger charge is 2.39. The lowest BCUT2D eigenvalue weighted by Crippen LogP contribution is -2.36. The fourth-order valence-corrected chi connectivity index (χ4v) is 2.95. The van der Waals surface area contributed by atoms with Gasteiger partial charge in [0.2, 0.25) is 5.91 Å². The lowest BCUT2D eigenvalue weighted by Gasteiger charge is -2.14. The number of rotatable bonds is 4. The summed E-state index contributed by atoms with van der Waals surface area (Å²) < 4.78 is 4.85. The highest BCUT2D eigenvalue weighted by molar-refractivity contribution is 6.28. The Bertz CT molecular complexity index is 1010. The largest absolute Gasteiger partial charge is 0.364 e. The monoisotopic (exact) mass is 360 g/mol. The van der Waals surface area contributed by atoms with E-state index in [4.69, 9.17) is 4.52 Å². The van der Waals surface area contributed by atoms with Gasteiger partial charge in [-0.1, -0.05) is 35.5 Å². The normalized spacial score (nSPS) is 16.3. The number of amides is 2. The fraction of sp³-hybridized carbons (Fsp3) is 0.100. The standard InChI is InChI=1S/C20H16N4O3/c1-13-18(20(26)24(22-13)16-8-3-2-4-9-16)19(25)21-15-7-5-6-14(12-15)17-10-11-27-23-17/h2-12,18H,1H3,(H,21,25). The van der Waals surface area contributed by atoms with Gasteiger partial charge in [0, 0.05) is 17.3 Å². The molecule has 0 aliphatic carbocycles. The van der Waals surface area contributed by atoms with E-state index in [1.165, 1.54) is 11.3 Å². The van der Waals surface area contributed by atoms with Gasteiger partial charge in [0.05, 0.1) is 11.4 Å². The summed E-state index contributed by atoms with van der Waals surface area (Å²) in [6, 6.07) is 18.0. The van der Waals surface area contributed by atoms with Gasteiger partial charge in [0.1, 0.15) is 12.0 Å². The molecule has 2 aromatic carbocycles. The lowest BCUT2D eigenvalue weighted by atomic mass is 10.0. The van der Waals surface area contributed by atoms with Crippen molar-refractivity contribution >= 4 is 28.9 Å². The molecule has 1 aromatic heterocycles. The van der Waals surface area contributed by atoms with Crippen LogP contribution in [-0.4, -0.2) is 22.7 Å². The van der Waals surface area contributed by atoms with Crippen LogP contribution in [0.5, 0.6) is 0 Å². The first-order valence-corrected chi connectivity index (χ1v) is 8.39. The summed E-state index contributed by atoms with van der Waals surface area (Å²) in [5.41, 5.74) is 3.12. The molecule has 7 nitrogen and oxygen atoms in total. The van der Waals surface area contributed by atoms with Crippen LogP contribution >= 0.6 is 0 Å². The third kappa shape index (κ3) is 3.22. The number of nitrogens with one attached hydrogen (secondary N) is 1. The minimum atomic E-state index is -0.957. The number of carbonyl (C=O) groups excluding carboxylic acids is 2. The average Bonchev–Trinajstić information content (AvgIpc) is 3.31. The molecule has 1 atom stereocenters. The van der Waals surface area contributed by atoms with Crippen molar-refractivity contribution in [1.29, 1.82) is 0 Å². The number of benzene rings is 2. The fourth-order valence-electron chi connectivity index (χ4n) is 2.95. The molecule has 1 N–H and O–H groups in total. The zero-order chi connectivity index (χ0) is 18.8. The quantitative estimate of drug-likeness (QED) is 0.723. The molecule has 134 valence electrons. The van der Waals surface area contributed by atoms with E-state index in [2.05, 4.69) is 15.6 Å². The molecular weight excluding hydrogens is 344 g/mol. The van der Waals surface area contributed by atoms with Crippen LogP contribution in [0, 0.1) is 5.92 Å². The van der Waals surface area contributed by atoms with Crippen molar-refractivity contribution < 1.29 is 14.1 Å². The highest BCUT2D eigenvalue weighted by atomic mass is 16.5. The lowest BCUT2D eigenvalue weighted by molar-refractivity contribution is -0.127. The van der Waals surface area contributed by atoms with Crippen LogP contribution in [-0.2, 0) is 9.59 Å². The number of aromatic nitrogens is 1. The number of carbonyl (C=O) groups is 2. The SMILES string of the molecule is CC1=NN(c2ccccc2)C(=O)C1C(=O)Nc1cccc(-c2ccon2)c1. The molecule has 2 heterocycles. The second-order valence-corrected chi connectivity index (χ2v) is 6.11. The highest BCUT2D eigenvalue weighted by Crippen LogP contribution is 2.26. The maximum atomic E-state index is 12.7. The van der Waals surface area contributed by atoms with Gasteiger partial charge < -0.3 is 9.84 Å². The van der Waals surface area contributed by atoms with Gasteiger partial charge in [-0.15, -0.1) is 0 Å². The third-order valence-electron chi connectivity index (χ3n) is 4.26. The molecule has 2 amide bonds. The first kappa shape index (κ1) is 16.7. The van der Waals surface area contributed by atoms with Crippen molar-refractivity contribution in [2.45, 2.75) is 6.92 Å². The number of hydrazone groups is 1. The topological polar surface area (TPSA) is 87.8 Å². The van der Waals surface area contributed by atoms with Gasteiger partial charge in [-0.3, -0.25) is 9.59 Å². The van der Waals surface area contributed by atoms with E-state index in [1.807, 2.05) is 24.3 Å².